The van der Waals surface area contributed by atoms with Gasteiger partial charge in [0.1, 0.15) is 10.8 Å². The number of hydrogen-bond donors (Lipinski definition) is 0. The third-order valence-corrected chi connectivity index (χ3v) is 3.34. The third kappa shape index (κ3) is 2.42. The lowest BCUT2D eigenvalue weighted by Gasteiger charge is -2.00. The van der Waals surface area contributed by atoms with Gasteiger partial charge < -0.3 is 4.74 Å². The molecule has 3 heteroatoms. The van der Waals surface area contributed by atoms with E-state index in [2.05, 4.69) is 17.3 Å². The minimum atomic E-state index is 0.883. The van der Waals surface area contributed by atoms with Gasteiger partial charge in [-0.15, -0.1) is 11.3 Å². The van der Waals surface area contributed by atoms with E-state index in [-0.39, 0.29) is 0 Å². The quantitative estimate of drug-likeness (QED) is 0.802. The number of benzene rings is 1. The fourth-order valence-corrected chi connectivity index (χ4v) is 2.40. The van der Waals surface area contributed by atoms with Crippen molar-refractivity contribution in [3.8, 4) is 16.3 Å². The van der Waals surface area contributed by atoms with E-state index in [4.69, 9.17) is 4.74 Å². The minimum Gasteiger partial charge on any atom is -0.497 e. The van der Waals surface area contributed by atoms with Gasteiger partial charge in [-0.05, 0) is 30.7 Å². The Balaban J connectivity index is 2.21. The summed E-state index contributed by atoms with van der Waals surface area (Å²) in [5.74, 6) is 0.883. The van der Waals surface area contributed by atoms with Crippen molar-refractivity contribution in [2.75, 3.05) is 7.11 Å². The standard InChI is InChI=1S/C13H15NOS/c1-3-4-11-9-16-13(14-11)10-5-7-12(15-2)8-6-10/h5-9H,3-4H2,1-2H3. The van der Waals surface area contributed by atoms with Gasteiger partial charge in [0.25, 0.3) is 0 Å². The van der Waals surface area contributed by atoms with Crippen molar-refractivity contribution in [1.82, 2.24) is 4.98 Å². The Bertz CT molecular complexity index is 447. The lowest BCUT2D eigenvalue weighted by Crippen LogP contribution is -1.84. The zero-order valence-corrected chi connectivity index (χ0v) is 10.4. The van der Waals surface area contributed by atoms with E-state index in [0.717, 1.165) is 29.2 Å². The summed E-state index contributed by atoms with van der Waals surface area (Å²) in [6.45, 7) is 2.17. The summed E-state index contributed by atoms with van der Waals surface area (Å²) >= 11 is 1.70. The second-order valence-electron chi connectivity index (χ2n) is 3.62. The number of aromatic nitrogens is 1. The summed E-state index contributed by atoms with van der Waals surface area (Å²) in [6, 6.07) is 8.03. The summed E-state index contributed by atoms with van der Waals surface area (Å²) < 4.78 is 5.13. The molecule has 0 aliphatic carbocycles. The average molecular weight is 233 g/mol. The van der Waals surface area contributed by atoms with Crippen LogP contribution in [-0.4, -0.2) is 12.1 Å². The fraction of sp³-hybridized carbons (Fsp3) is 0.308. The van der Waals surface area contributed by atoms with E-state index < -0.39 is 0 Å². The lowest BCUT2D eigenvalue weighted by molar-refractivity contribution is 0.415. The Morgan fingerprint density at radius 3 is 2.62 bits per heavy atom. The van der Waals surface area contributed by atoms with Gasteiger partial charge in [-0.2, -0.15) is 0 Å². The van der Waals surface area contributed by atoms with Gasteiger partial charge >= 0.3 is 0 Å². The minimum absolute atomic E-state index is 0.883. The highest BCUT2D eigenvalue weighted by Gasteiger charge is 2.04. The first-order chi connectivity index (χ1) is 7.83. The van der Waals surface area contributed by atoms with Crippen LogP contribution in [0, 0.1) is 0 Å². The zero-order valence-electron chi connectivity index (χ0n) is 9.56. The van der Waals surface area contributed by atoms with Crippen LogP contribution >= 0.6 is 11.3 Å². The van der Waals surface area contributed by atoms with Gasteiger partial charge in [0.15, 0.2) is 0 Å². The van der Waals surface area contributed by atoms with Gasteiger partial charge in [0, 0.05) is 10.9 Å². The molecule has 0 saturated heterocycles. The number of rotatable bonds is 4. The maximum atomic E-state index is 5.13. The highest BCUT2D eigenvalue weighted by Crippen LogP contribution is 2.25. The van der Waals surface area contributed by atoms with Crippen molar-refractivity contribution < 1.29 is 4.74 Å². The van der Waals surface area contributed by atoms with Gasteiger partial charge in [0.05, 0.1) is 12.8 Å². The Hall–Kier alpha value is -1.35. The summed E-state index contributed by atoms with van der Waals surface area (Å²) in [6.07, 6.45) is 2.21. The molecule has 0 amide bonds. The van der Waals surface area contributed by atoms with Crippen LogP contribution in [0.1, 0.15) is 19.0 Å². The van der Waals surface area contributed by atoms with E-state index >= 15 is 0 Å². The van der Waals surface area contributed by atoms with E-state index in [9.17, 15) is 0 Å². The van der Waals surface area contributed by atoms with Gasteiger partial charge in [-0.3, -0.25) is 0 Å². The molecule has 84 valence electrons. The molecule has 0 atom stereocenters. The third-order valence-electron chi connectivity index (χ3n) is 2.39. The highest BCUT2D eigenvalue weighted by atomic mass is 32.1. The Kier molecular flexibility index (Phi) is 3.57. The van der Waals surface area contributed by atoms with E-state index in [0.29, 0.717) is 0 Å². The van der Waals surface area contributed by atoms with E-state index in [1.165, 1.54) is 5.69 Å². The van der Waals surface area contributed by atoms with Crippen molar-refractivity contribution in [3.63, 3.8) is 0 Å². The predicted molar refractivity (Wildman–Crippen MR) is 68.1 cm³/mol. The number of nitrogens with zero attached hydrogens (tertiary/aromatic N) is 1. The van der Waals surface area contributed by atoms with Crippen molar-refractivity contribution in [1.29, 1.82) is 0 Å². The maximum absolute atomic E-state index is 5.13. The van der Waals surface area contributed by atoms with Crippen LogP contribution in [0.4, 0.5) is 0 Å². The van der Waals surface area contributed by atoms with Gasteiger partial charge in [0.2, 0.25) is 0 Å². The molecular weight excluding hydrogens is 218 g/mol. The molecule has 0 radical (unpaired) electrons. The maximum Gasteiger partial charge on any atom is 0.123 e. The molecule has 1 aromatic heterocycles. The molecular formula is C13H15NOS. The first kappa shape index (κ1) is 11.1. The lowest BCUT2D eigenvalue weighted by atomic mass is 10.2. The monoisotopic (exact) mass is 233 g/mol. The first-order valence-corrected chi connectivity index (χ1v) is 6.30. The van der Waals surface area contributed by atoms with Crippen LogP contribution in [0.25, 0.3) is 10.6 Å². The fourth-order valence-electron chi connectivity index (χ4n) is 1.54. The molecule has 16 heavy (non-hydrogen) atoms. The van der Waals surface area contributed by atoms with Crippen LogP contribution < -0.4 is 4.74 Å². The van der Waals surface area contributed by atoms with Crippen LogP contribution in [0.2, 0.25) is 0 Å². The van der Waals surface area contributed by atoms with Gasteiger partial charge in [-0.25, -0.2) is 4.98 Å². The summed E-state index contributed by atoms with van der Waals surface area (Å²) in [4.78, 5) is 4.60. The van der Waals surface area contributed by atoms with Crippen LogP contribution in [-0.2, 0) is 6.42 Å². The van der Waals surface area contributed by atoms with Crippen LogP contribution in [0.15, 0.2) is 29.6 Å². The second-order valence-corrected chi connectivity index (χ2v) is 4.48. The first-order valence-electron chi connectivity index (χ1n) is 5.42. The SMILES string of the molecule is CCCc1csc(-c2ccc(OC)cc2)n1. The number of hydrogen-bond acceptors (Lipinski definition) is 3. The molecule has 0 aliphatic heterocycles. The van der Waals surface area contributed by atoms with Crippen LogP contribution in [0.3, 0.4) is 0 Å². The molecule has 0 aliphatic rings. The van der Waals surface area contributed by atoms with Crippen molar-refractivity contribution in [2.24, 2.45) is 0 Å². The number of aryl methyl sites for hydroxylation is 1. The molecule has 0 unspecified atom stereocenters. The molecule has 0 saturated carbocycles. The number of thiazole rings is 1. The second kappa shape index (κ2) is 5.12. The highest BCUT2D eigenvalue weighted by molar-refractivity contribution is 7.13. The average Bonchev–Trinajstić information content (AvgIpc) is 2.78. The molecule has 0 fully saturated rings. The van der Waals surface area contributed by atoms with E-state index in [1.807, 2.05) is 24.3 Å². The van der Waals surface area contributed by atoms with E-state index in [1.54, 1.807) is 18.4 Å². The number of ether oxygens (including phenoxy) is 1. The summed E-state index contributed by atoms with van der Waals surface area (Å²) in [5, 5.41) is 3.23. The molecule has 0 bridgehead atoms. The zero-order chi connectivity index (χ0) is 11.4. The molecule has 2 aromatic rings. The molecule has 2 nitrogen and oxygen atoms in total. The van der Waals surface area contributed by atoms with Crippen molar-refractivity contribution >= 4 is 11.3 Å². The summed E-state index contributed by atoms with van der Waals surface area (Å²) in [7, 11) is 1.68. The summed E-state index contributed by atoms with van der Waals surface area (Å²) in [5.41, 5.74) is 2.35. The molecule has 1 heterocycles. The smallest absolute Gasteiger partial charge is 0.123 e. The Labute approximate surface area is 99.9 Å². The van der Waals surface area contributed by atoms with Gasteiger partial charge in [-0.1, -0.05) is 13.3 Å². The predicted octanol–water partition coefficient (Wildman–Crippen LogP) is 3.77. The van der Waals surface area contributed by atoms with Crippen molar-refractivity contribution in [2.45, 2.75) is 19.8 Å². The Morgan fingerprint density at radius 1 is 1.25 bits per heavy atom. The molecule has 0 spiro atoms. The Morgan fingerprint density at radius 2 is 2.00 bits per heavy atom. The topological polar surface area (TPSA) is 22.1 Å². The largest absolute Gasteiger partial charge is 0.497 e. The number of methoxy groups -OCH3 is 1. The molecule has 1 aromatic carbocycles. The van der Waals surface area contributed by atoms with Crippen LogP contribution in [0.5, 0.6) is 5.75 Å². The van der Waals surface area contributed by atoms with Crippen molar-refractivity contribution in [3.05, 3.63) is 35.3 Å². The molecule has 2 rings (SSSR count). The molecule has 0 N–H and O–H groups in total. The normalized spacial score (nSPS) is 10.4.